The van der Waals surface area contributed by atoms with Crippen molar-refractivity contribution in [3.63, 3.8) is 0 Å². The maximum Gasteiger partial charge on any atom is 0.142 e. The highest BCUT2D eigenvalue weighted by Gasteiger charge is 2.23. The fraction of sp³-hybridized carbons (Fsp3) is 0.300. The van der Waals surface area contributed by atoms with Crippen molar-refractivity contribution in [1.29, 1.82) is 10.5 Å². The first-order valence-electron chi connectivity index (χ1n) is 8.43. The van der Waals surface area contributed by atoms with E-state index < -0.39 is 0 Å². The fourth-order valence-electron chi connectivity index (χ4n) is 3.23. The number of anilines is 2. The average molecular weight is 332 g/mol. The minimum Gasteiger partial charge on any atom is -0.492 e. The summed E-state index contributed by atoms with van der Waals surface area (Å²) in [5, 5.41) is 18.8. The molecule has 1 aliphatic heterocycles. The molecule has 0 radical (unpaired) electrons. The summed E-state index contributed by atoms with van der Waals surface area (Å²) < 4.78 is 5.73. The second kappa shape index (κ2) is 7.59. The summed E-state index contributed by atoms with van der Waals surface area (Å²) >= 11 is 0. The number of rotatable bonds is 4. The van der Waals surface area contributed by atoms with Crippen molar-refractivity contribution in [1.82, 2.24) is 0 Å². The molecule has 0 aromatic heterocycles. The van der Waals surface area contributed by atoms with E-state index in [0.717, 1.165) is 43.3 Å². The van der Waals surface area contributed by atoms with Crippen LogP contribution in [0.15, 0.2) is 42.5 Å². The Morgan fingerprint density at radius 1 is 0.880 bits per heavy atom. The van der Waals surface area contributed by atoms with E-state index in [1.807, 2.05) is 25.1 Å². The van der Waals surface area contributed by atoms with Gasteiger partial charge in [-0.25, -0.2) is 0 Å². The maximum atomic E-state index is 9.38. The van der Waals surface area contributed by atoms with Gasteiger partial charge < -0.3 is 14.5 Å². The monoisotopic (exact) mass is 332 g/mol. The van der Waals surface area contributed by atoms with E-state index >= 15 is 0 Å². The van der Waals surface area contributed by atoms with Crippen LogP contribution in [0.5, 0.6) is 5.75 Å². The molecule has 5 nitrogen and oxygen atoms in total. The average Bonchev–Trinajstić information content (AvgIpc) is 2.68. The van der Waals surface area contributed by atoms with Crippen LogP contribution in [0, 0.1) is 22.7 Å². The van der Waals surface area contributed by atoms with Crippen molar-refractivity contribution < 1.29 is 4.74 Å². The molecule has 0 N–H and O–H groups in total. The Hall–Kier alpha value is -3.18. The van der Waals surface area contributed by atoms with E-state index in [9.17, 15) is 10.5 Å². The number of nitriles is 2. The Labute approximate surface area is 148 Å². The molecule has 0 spiro atoms. The molecule has 2 aromatic carbocycles. The van der Waals surface area contributed by atoms with Crippen molar-refractivity contribution >= 4 is 11.4 Å². The first-order valence-corrected chi connectivity index (χ1v) is 8.43. The SMILES string of the molecule is CCOc1ccccc1N1CCN(c2c(C#N)cccc2C#N)CC1. The molecular weight excluding hydrogens is 312 g/mol. The Morgan fingerprint density at radius 2 is 1.48 bits per heavy atom. The van der Waals surface area contributed by atoms with Gasteiger partial charge >= 0.3 is 0 Å². The van der Waals surface area contributed by atoms with Crippen LogP contribution >= 0.6 is 0 Å². The van der Waals surface area contributed by atoms with E-state index in [-0.39, 0.29) is 0 Å². The zero-order valence-electron chi connectivity index (χ0n) is 14.3. The molecule has 3 rings (SSSR count). The van der Waals surface area contributed by atoms with Gasteiger partial charge in [-0.2, -0.15) is 10.5 Å². The number of para-hydroxylation sites is 3. The lowest BCUT2D eigenvalue weighted by Crippen LogP contribution is -2.47. The lowest BCUT2D eigenvalue weighted by molar-refractivity contribution is 0.340. The highest BCUT2D eigenvalue weighted by atomic mass is 16.5. The van der Waals surface area contributed by atoms with Gasteiger partial charge in [0.2, 0.25) is 0 Å². The number of hydrogen-bond acceptors (Lipinski definition) is 5. The van der Waals surface area contributed by atoms with Gasteiger partial charge in [-0.3, -0.25) is 0 Å². The van der Waals surface area contributed by atoms with Crippen LogP contribution in [0.3, 0.4) is 0 Å². The molecule has 5 heteroatoms. The van der Waals surface area contributed by atoms with E-state index in [2.05, 4.69) is 28.0 Å². The van der Waals surface area contributed by atoms with Gasteiger partial charge in [0.05, 0.1) is 29.1 Å². The molecular formula is C20H20N4O. The number of ether oxygens (including phenoxy) is 1. The van der Waals surface area contributed by atoms with E-state index in [1.54, 1.807) is 18.2 Å². The van der Waals surface area contributed by atoms with Crippen LogP contribution in [0.25, 0.3) is 0 Å². The molecule has 0 unspecified atom stereocenters. The quantitative estimate of drug-likeness (QED) is 0.860. The molecule has 1 fully saturated rings. The highest BCUT2D eigenvalue weighted by molar-refractivity contribution is 5.69. The molecule has 0 aliphatic carbocycles. The first kappa shape index (κ1) is 16.7. The van der Waals surface area contributed by atoms with Gasteiger partial charge in [0.15, 0.2) is 0 Å². The highest BCUT2D eigenvalue weighted by Crippen LogP contribution is 2.31. The van der Waals surface area contributed by atoms with Gasteiger partial charge in [0.25, 0.3) is 0 Å². The second-order valence-corrected chi connectivity index (χ2v) is 5.80. The summed E-state index contributed by atoms with van der Waals surface area (Å²) in [6.45, 7) is 5.76. The van der Waals surface area contributed by atoms with Crippen LogP contribution < -0.4 is 14.5 Å². The normalized spacial score (nSPS) is 13.9. The van der Waals surface area contributed by atoms with Crippen molar-refractivity contribution in [3.8, 4) is 17.9 Å². The van der Waals surface area contributed by atoms with Crippen molar-refractivity contribution in [3.05, 3.63) is 53.6 Å². The lowest BCUT2D eigenvalue weighted by Gasteiger charge is -2.38. The number of piperazine rings is 1. The number of nitrogens with zero attached hydrogens (tertiary/aromatic N) is 4. The molecule has 25 heavy (non-hydrogen) atoms. The van der Waals surface area contributed by atoms with Crippen LogP contribution in [0.1, 0.15) is 18.1 Å². The summed E-state index contributed by atoms with van der Waals surface area (Å²) in [5.41, 5.74) is 2.97. The molecule has 2 aromatic rings. The van der Waals surface area contributed by atoms with Gasteiger partial charge in [0.1, 0.15) is 17.9 Å². The molecule has 1 saturated heterocycles. The lowest BCUT2D eigenvalue weighted by atomic mass is 10.1. The van der Waals surface area contributed by atoms with Crippen LogP contribution in [0.2, 0.25) is 0 Å². The summed E-state index contributed by atoms with van der Waals surface area (Å²) in [7, 11) is 0. The molecule has 126 valence electrons. The van der Waals surface area contributed by atoms with Crippen molar-refractivity contribution in [2.45, 2.75) is 6.92 Å². The summed E-state index contributed by atoms with van der Waals surface area (Å²) in [6.07, 6.45) is 0. The van der Waals surface area contributed by atoms with E-state index in [0.29, 0.717) is 17.7 Å². The molecule has 0 saturated carbocycles. The third-order valence-electron chi connectivity index (χ3n) is 4.38. The van der Waals surface area contributed by atoms with Gasteiger partial charge in [-0.1, -0.05) is 18.2 Å². The predicted molar refractivity (Wildman–Crippen MR) is 97.9 cm³/mol. The van der Waals surface area contributed by atoms with Crippen molar-refractivity contribution in [2.75, 3.05) is 42.6 Å². The molecule has 0 bridgehead atoms. The standard InChI is InChI=1S/C20H20N4O/c1-2-25-19-9-4-3-8-18(19)23-10-12-24(13-11-23)20-16(14-21)6-5-7-17(20)15-22/h3-9H,2,10-13H2,1H3. The Bertz CT molecular complexity index is 794. The predicted octanol–water partition coefficient (Wildman–Crippen LogP) is 3.16. The van der Waals surface area contributed by atoms with Gasteiger partial charge in [0, 0.05) is 26.2 Å². The minimum atomic E-state index is 0.558. The fourth-order valence-corrected chi connectivity index (χ4v) is 3.23. The molecule has 1 aliphatic rings. The summed E-state index contributed by atoms with van der Waals surface area (Å²) in [5.74, 6) is 0.897. The van der Waals surface area contributed by atoms with Crippen LogP contribution in [-0.2, 0) is 0 Å². The van der Waals surface area contributed by atoms with E-state index in [1.165, 1.54) is 0 Å². The largest absolute Gasteiger partial charge is 0.492 e. The Kier molecular flexibility index (Phi) is 5.06. The van der Waals surface area contributed by atoms with Gasteiger partial charge in [-0.15, -0.1) is 0 Å². The first-order chi connectivity index (χ1) is 12.3. The minimum absolute atomic E-state index is 0.558. The summed E-state index contributed by atoms with van der Waals surface area (Å²) in [4.78, 5) is 4.43. The zero-order valence-corrected chi connectivity index (χ0v) is 14.3. The van der Waals surface area contributed by atoms with E-state index in [4.69, 9.17) is 4.74 Å². The van der Waals surface area contributed by atoms with Crippen molar-refractivity contribution in [2.24, 2.45) is 0 Å². The van der Waals surface area contributed by atoms with Crippen LogP contribution in [-0.4, -0.2) is 32.8 Å². The Morgan fingerprint density at radius 3 is 2.08 bits per heavy atom. The molecule has 0 amide bonds. The zero-order chi connectivity index (χ0) is 17.6. The van der Waals surface area contributed by atoms with Gasteiger partial charge in [-0.05, 0) is 31.2 Å². The molecule has 1 heterocycles. The van der Waals surface area contributed by atoms with Crippen LogP contribution in [0.4, 0.5) is 11.4 Å². The smallest absolute Gasteiger partial charge is 0.142 e. The third-order valence-corrected chi connectivity index (χ3v) is 4.38. The maximum absolute atomic E-state index is 9.38. The molecule has 0 atom stereocenters. The Balaban J connectivity index is 1.80. The topological polar surface area (TPSA) is 63.3 Å². The summed E-state index contributed by atoms with van der Waals surface area (Å²) in [6, 6.07) is 17.8. The number of benzene rings is 2. The third kappa shape index (κ3) is 3.36. The second-order valence-electron chi connectivity index (χ2n) is 5.80. The number of hydrogen-bond donors (Lipinski definition) is 0.